The van der Waals surface area contributed by atoms with E-state index in [1.54, 1.807) is 18.8 Å². The van der Waals surface area contributed by atoms with Crippen molar-refractivity contribution in [3.8, 4) is 28.7 Å². The minimum atomic E-state index is 0.397. The molecule has 0 fully saturated rings. The highest BCUT2D eigenvalue weighted by Crippen LogP contribution is 2.30. The average Bonchev–Trinajstić information content (AvgIpc) is 3.40. The lowest BCUT2D eigenvalue weighted by molar-refractivity contribution is 0.413. The molecule has 0 saturated carbocycles. The Morgan fingerprint density at radius 3 is 2.52 bits per heavy atom. The summed E-state index contributed by atoms with van der Waals surface area (Å²) in [5.41, 5.74) is 2.18. The predicted molar refractivity (Wildman–Crippen MR) is 129 cm³/mol. The molecule has 0 bridgehead atoms. The third-order valence-electron chi connectivity index (χ3n) is 4.31. The minimum Gasteiger partial charge on any atom is -0.495 e. The second-order valence-corrected chi connectivity index (χ2v) is 7.83. The summed E-state index contributed by atoms with van der Waals surface area (Å²) in [5, 5.41) is 16.3. The number of benzene rings is 2. The van der Waals surface area contributed by atoms with Crippen LogP contribution in [-0.2, 0) is 0 Å². The number of nitrogens with zero attached hydrogens (tertiary/aromatic N) is 3. The van der Waals surface area contributed by atoms with Gasteiger partial charge >= 0.3 is 0 Å². The molecule has 0 saturated heterocycles. The number of hydrogen-bond acceptors (Lipinski definition) is 7. The van der Waals surface area contributed by atoms with Gasteiger partial charge in [-0.1, -0.05) is 24.3 Å². The Labute approximate surface area is 192 Å². The Balaban J connectivity index is 1.58. The highest BCUT2D eigenvalue weighted by molar-refractivity contribution is 7.80. The molecule has 0 spiro atoms. The van der Waals surface area contributed by atoms with Crippen molar-refractivity contribution in [1.29, 1.82) is 0 Å². The van der Waals surface area contributed by atoms with Crippen LogP contribution >= 0.6 is 35.8 Å². The zero-order valence-corrected chi connectivity index (χ0v) is 19.0. The highest BCUT2D eigenvalue weighted by atomic mass is 32.1. The second kappa shape index (κ2) is 9.25. The fourth-order valence-corrected chi connectivity index (χ4v) is 4.13. The number of anilines is 2. The number of para-hydroxylation sites is 4. The van der Waals surface area contributed by atoms with E-state index in [-0.39, 0.29) is 0 Å². The molecule has 31 heavy (non-hydrogen) atoms. The molecule has 0 aliphatic heterocycles. The lowest BCUT2D eigenvalue weighted by Crippen LogP contribution is -2.19. The fourth-order valence-electron chi connectivity index (χ4n) is 2.94. The first kappa shape index (κ1) is 21.0. The summed E-state index contributed by atoms with van der Waals surface area (Å²) in [5.74, 6) is 1.94. The standard InChI is InChI=1S/C20H18N6O2S3/c1-27-15-9-5-3-7-12(15)21-18(29)23-19-22-13(11-31-19)17-24-25-20(30)26(17)14-8-4-6-10-16(14)28-2/h3-11H,1-2H3,(H,25,30)(H2,21,22,23,29). The molecule has 0 atom stereocenters. The van der Waals surface area contributed by atoms with E-state index in [1.165, 1.54) is 11.3 Å². The lowest BCUT2D eigenvalue weighted by Gasteiger charge is -2.11. The second-order valence-electron chi connectivity index (χ2n) is 6.18. The van der Waals surface area contributed by atoms with Gasteiger partial charge in [0.15, 0.2) is 20.8 Å². The molecule has 2 aromatic heterocycles. The maximum atomic E-state index is 5.47. The average molecular weight is 471 g/mol. The molecule has 158 valence electrons. The minimum absolute atomic E-state index is 0.397. The first-order chi connectivity index (χ1) is 15.1. The molecule has 0 amide bonds. The van der Waals surface area contributed by atoms with Crippen LogP contribution < -0.4 is 20.1 Å². The van der Waals surface area contributed by atoms with Crippen molar-refractivity contribution in [2.45, 2.75) is 0 Å². The highest BCUT2D eigenvalue weighted by Gasteiger charge is 2.17. The summed E-state index contributed by atoms with van der Waals surface area (Å²) in [6.07, 6.45) is 0. The molecule has 4 aromatic rings. The van der Waals surface area contributed by atoms with E-state index in [0.29, 0.717) is 38.0 Å². The van der Waals surface area contributed by atoms with Crippen LogP contribution in [0.3, 0.4) is 0 Å². The Kier molecular flexibility index (Phi) is 6.26. The van der Waals surface area contributed by atoms with Gasteiger partial charge in [-0.2, -0.15) is 5.10 Å². The summed E-state index contributed by atoms with van der Waals surface area (Å²) in [4.78, 5) is 4.62. The van der Waals surface area contributed by atoms with E-state index in [2.05, 4.69) is 25.8 Å². The van der Waals surface area contributed by atoms with Crippen LogP contribution in [0.4, 0.5) is 10.8 Å². The number of nitrogens with one attached hydrogen (secondary N) is 3. The van der Waals surface area contributed by atoms with Crippen molar-refractivity contribution in [3.05, 3.63) is 58.7 Å². The fraction of sp³-hybridized carbons (Fsp3) is 0.100. The lowest BCUT2D eigenvalue weighted by atomic mass is 10.3. The van der Waals surface area contributed by atoms with Crippen LogP contribution in [0.25, 0.3) is 17.2 Å². The number of methoxy groups -OCH3 is 2. The molecule has 0 radical (unpaired) electrons. The maximum Gasteiger partial charge on any atom is 0.200 e. The Bertz CT molecular complexity index is 1280. The number of aromatic nitrogens is 4. The van der Waals surface area contributed by atoms with Gasteiger partial charge in [-0.05, 0) is 48.7 Å². The van der Waals surface area contributed by atoms with Gasteiger partial charge in [-0.25, -0.2) is 4.98 Å². The third kappa shape index (κ3) is 4.43. The molecule has 4 rings (SSSR count). The molecule has 8 nitrogen and oxygen atoms in total. The number of ether oxygens (including phenoxy) is 2. The molecule has 2 aromatic carbocycles. The molecule has 0 aliphatic carbocycles. The van der Waals surface area contributed by atoms with Gasteiger partial charge in [0.25, 0.3) is 0 Å². The molecular formula is C20H18N6O2S3. The van der Waals surface area contributed by atoms with Crippen molar-refractivity contribution in [3.63, 3.8) is 0 Å². The zero-order valence-electron chi connectivity index (χ0n) is 16.6. The van der Waals surface area contributed by atoms with Crippen molar-refractivity contribution in [1.82, 2.24) is 19.7 Å². The van der Waals surface area contributed by atoms with Gasteiger partial charge < -0.3 is 20.1 Å². The van der Waals surface area contributed by atoms with Gasteiger partial charge in [0.2, 0.25) is 0 Å². The van der Waals surface area contributed by atoms with Crippen LogP contribution in [0.1, 0.15) is 0 Å². The van der Waals surface area contributed by atoms with Crippen molar-refractivity contribution < 1.29 is 9.47 Å². The molecule has 0 unspecified atom stereocenters. The van der Waals surface area contributed by atoms with E-state index in [4.69, 9.17) is 33.9 Å². The Hall–Kier alpha value is -3.28. The van der Waals surface area contributed by atoms with Gasteiger partial charge in [0, 0.05) is 5.38 Å². The summed E-state index contributed by atoms with van der Waals surface area (Å²) < 4.78 is 13.0. The Morgan fingerprint density at radius 2 is 1.74 bits per heavy atom. The van der Waals surface area contributed by atoms with Gasteiger partial charge in [-0.3, -0.25) is 9.67 Å². The van der Waals surface area contributed by atoms with Crippen LogP contribution in [0.5, 0.6) is 11.5 Å². The normalized spacial score (nSPS) is 10.5. The van der Waals surface area contributed by atoms with Gasteiger partial charge in [-0.15, -0.1) is 11.3 Å². The number of thiocarbonyl (C=S) groups is 1. The van der Waals surface area contributed by atoms with Crippen molar-refractivity contribution in [2.75, 3.05) is 24.9 Å². The quantitative estimate of drug-likeness (QED) is 0.344. The van der Waals surface area contributed by atoms with Crippen LogP contribution in [0.2, 0.25) is 0 Å². The number of hydrogen-bond donors (Lipinski definition) is 3. The molecular weight excluding hydrogens is 452 g/mol. The number of H-pyrrole nitrogens is 1. The first-order valence-corrected chi connectivity index (χ1v) is 10.8. The van der Waals surface area contributed by atoms with Crippen LogP contribution in [-0.4, -0.2) is 39.1 Å². The first-order valence-electron chi connectivity index (χ1n) is 9.08. The SMILES string of the molecule is COc1ccccc1NC(=S)Nc1nc(-c2n[nH]c(=S)n2-c2ccccc2OC)cs1. The van der Waals surface area contributed by atoms with Crippen molar-refractivity contribution in [2.24, 2.45) is 0 Å². The van der Waals surface area contributed by atoms with E-state index in [9.17, 15) is 0 Å². The summed E-state index contributed by atoms with van der Waals surface area (Å²) in [7, 11) is 3.22. The van der Waals surface area contributed by atoms with Crippen LogP contribution in [0, 0.1) is 4.77 Å². The van der Waals surface area contributed by atoms with Crippen LogP contribution in [0.15, 0.2) is 53.9 Å². The zero-order chi connectivity index (χ0) is 21.8. The summed E-state index contributed by atoms with van der Waals surface area (Å²) >= 11 is 12.3. The molecule has 2 heterocycles. The maximum absolute atomic E-state index is 5.47. The number of aromatic amines is 1. The Morgan fingerprint density at radius 1 is 1.03 bits per heavy atom. The summed E-state index contributed by atoms with van der Waals surface area (Å²) in [6.45, 7) is 0. The van der Waals surface area contributed by atoms with E-state index in [1.807, 2.05) is 53.9 Å². The monoisotopic (exact) mass is 470 g/mol. The summed E-state index contributed by atoms with van der Waals surface area (Å²) in [6, 6.07) is 15.1. The van der Waals surface area contributed by atoms with E-state index < -0.39 is 0 Å². The smallest absolute Gasteiger partial charge is 0.200 e. The van der Waals surface area contributed by atoms with Gasteiger partial charge in [0.05, 0.1) is 25.6 Å². The number of thiazole rings is 1. The topological polar surface area (TPSA) is 89.0 Å². The molecule has 11 heteroatoms. The van der Waals surface area contributed by atoms with E-state index >= 15 is 0 Å². The third-order valence-corrected chi connectivity index (χ3v) is 5.54. The van der Waals surface area contributed by atoms with Crippen molar-refractivity contribution >= 4 is 51.7 Å². The van der Waals surface area contributed by atoms with Gasteiger partial charge in [0.1, 0.15) is 17.2 Å². The largest absolute Gasteiger partial charge is 0.495 e. The molecule has 3 N–H and O–H groups in total. The van der Waals surface area contributed by atoms with E-state index in [0.717, 1.165) is 11.4 Å². The predicted octanol–water partition coefficient (Wildman–Crippen LogP) is 4.88. The number of rotatable bonds is 6. The molecule has 0 aliphatic rings.